The summed E-state index contributed by atoms with van der Waals surface area (Å²) in [6.07, 6.45) is 18.8. The second-order valence-electron chi connectivity index (χ2n) is 14.2. The highest BCUT2D eigenvalue weighted by Gasteiger charge is 2.60. The van der Waals surface area contributed by atoms with Gasteiger partial charge in [0.25, 0.3) is 0 Å². The van der Waals surface area contributed by atoms with Gasteiger partial charge >= 0.3 is 5.97 Å². The van der Waals surface area contributed by atoms with Gasteiger partial charge in [-0.2, -0.15) is 0 Å². The molecule has 0 amide bonds. The second kappa shape index (κ2) is 11.4. The Balaban J connectivity index is 1.47. The molecule has 4 fully saturated rings. The lowest BCUT2D eigenvalue weighted by Crippen LogP contribution is -2.53. The fraction of sp³-hybridized carbons (Fsp3) is 0.853. The number of fused-ring (bicyclic) bond motifs is 5. The fourth-order valence-corrected chi connectivity index (χ4v) is 10.1. The Morgan fingerprint density at radius 1 is 1.03 bits per heavy atom. The maximum Gasteiger partial charge on any atom is 0.334 e. The Hall–Kier alpha value is -1.05. The van der Waals surface area contributed by atoms with Crippen LogP contribution in [-0.2, 0) is 9.53 Å². The largest absolute Gasteiger partial charge is 0.463 e. The van der Waals surface area contributed by atoms with Crippen molar-refractivity contribution in [2.24, 2.45) is 52.3 Å². The van der Waals surface area contributed by atoms with Crippen LogP contribution in [0.25, 0.3) is 0 Å². The first-order chi connectivity index (χ1) is 17.2. The van der Waals surface area contributed by atoms with Gasteiger partial charge in [-0.25, -0.2) is 4.79 Å². The first-order valence-corrected chi connectivity index (χ1v) is 15.6. The number of carbonyl (C=O) groups is 1. The minimum Gasteiger partial charge on any atom is -0.463 e. The standard InChI is InChI=1S/C34H56O2/c1-8-11-27(32(35)36-9-2)25-18-20-33(6)26(22-25)14-15-28-30-17-16-29(24(5)13-10-12-23(3)4)34(30,7)21-19-31(28)33/h8,23-24,26,28-31H,1,9-22H2,2-7H3/b27-25+/t24-,26+,28+,29-,30+,31+,33+,34-/m1/s1. The molecule has 0 unspecified atom stereocenters. The summed E-state index contributed by atoms with van der Waals surface area (Å²) in [7, 11) is 0. The third-order valence-electron chi connectivity index (χ3n) is 12.0. The minimum atomic E-state index is -0.0994. The molecule has 0 spiro atoms. The third kappa shape index (κ3) is 5.13. The molecule has 0 aromatic heterocycles. The summed E-state index contributed by atoms with van der Waals surface area (Å²) in [6, 6.07) is 0. The quantitative estimate of drug-likeness (QED) is 0.180. The number of ether oxygens (including phenoxy) is 1. The van der Waals surface area contributed by atoms with Crippen LogP contribution in [0.4, 0.5) is 0 Å². The van der Waals surface area contributed by atoms with E-state index in [0.29, 0.717) is 23.9 Å². The van der Waals surface area contributed by atoms with E-state index in [-0.39, 0.29) is 5.97 Å². The van der Waals surface area contributed by atoms with Crippen molar-refractivity contribution in [2.45, 2.75) is 125 Å². The van der Waals surface area contributed by atoms with Crippen molar-refractivity contribution in [1.29, 1.82) is 0 Å². The topological polar surface area (TPSA) is 26.3 Å². The first-order valence-electron chi connectivity index (χ1n) is 15.6. The molecule has 0 aromatic rings. The molecule has 204 valence electrons. The Morgan fingerprint density at radius 2 is 1.78 bits per heavy atom. The summed E-state index contributed by atoms with van der Waals surface area (Å²) < 4.78 is 5.44. The van der Waals surface area contributed by atoms with Gasteiger partial charge in [-0.15, -0.1) is 6.58 Å². The molecule has 0 N–H and O–H groups in total. The fourth-order valence-electron chi connectivity index (χ4n) is 10.1. The number of rotatable bonds is 9. The van der Waals surface area contributed by atoms with Gasteiger partial charge < -0.3 is 4.74 Å². The summed E-state index contributed by atoms with van der Waals surface area (Å²) in [5.74, 6) is 6.05. The molecular weight excluding hydrogens is 440 g/mol. The van der Waals surface area contributed by atoms with Crippen molar-refractivity contribution < 1.29 is 9.53 Å². The number of hydrogen-bond acceptors (Lipinski definition) is 2. The van der Waals surface area contributed by atoms with E-state index in [0.717, 1.165) is 59.8 Å². The van der Waals surface area contributed by atoms with Crippen molar-refractivity contribution in [1.82, 2.24) is 0 Å². The Morgan fingerprint density at radius 3 is 2.47 bits per heavy atom. The zero-order chi connectivity index (χ0) is 26.1. The summed E-state index contributed by atoms with van der Waals surface area (Å²) in [4.78, 5) is 12.7. The number of hydrogen-bond donors (Lipinski definition) is 0. The molecule has 4 saturated carbocycles. The van der Waals surface area contributed by atoms with Crippen LogP contribution >= 0.6 is 0 Å². The maximum atomic E-state index is 12.7. The van der Waals surface area contributed by atoms with Crippen LogP contribution < -0.4 is 0 Å². The summed E-state index contributed by atoms with van der Waals surface area (Å²) in [5, 5.41) is 0. The molecule has 2 nitrogen and oxygen atoms in total. The molecule has 0 aromatic carbocycles. The van der Waals surface area contributed by atoms with E-state index in [1.807, 2.05) is 13.0 Å². The molecular formula is C34H56O2. The third-order valence-corrected chi connectivity index (χ3v) is 12.0. The van der Waals surface area contributed by atoms with Crippen molar-refractivity contribution in [3.63, 3.8) is 0 Å². The van der Waals surface area contributed by atoms with E-state index >= 15 is 0 Å². The molecule has 2 heteroatoms. The zero-order valence-electron chi connectivity index (χ0n) is 24.5. The van der Waals surface area contributed by atoms with Crippen LogP contribution in [0, 0.1) is 52.3 Å². The van der Waals surface area contributed by atoms with E-state index in [1.54, 1.807) is 0 Å². The maximum absolute atomic E-state index is 12.7. The monoisotopic (exact) mass is 496 g/mol. The molecule has 0 bridgehead atoms. The first kappa shape index (κ1) is 28.0. The van der Waals surface area contributed by atoms with Gasteiger partial charge in [0, 0.05) is 5.57 Å². The van der Waals surface area contributed by atoms with Gasteiger partial charge in [-0.3, -0.25) is 0 Å². The minimum absolute atomic E-state index is 0.0994. The number of esters is 1. The zero-order valence-corrected chi connectivity index (χ0v) is 24.5. The number of allylic oxidation sites excluding steroid dienone is 2. The number of carbonyl (C=O) groups excluding carboxylic acids is 1. The van der Waals surface area contributed by atoms with Gasteiger partial charge in [0.05, 0.1) is 6.61 Å². The average molecular weight is 497 g/mol. The van der Waals surface area contributed by atoms with Crippen LogP contribution in [0.5, 0.6) is 0 Å². The Labute approximate surface area is 223 Å². The van der Waals surface area contributed by atoms with Gasteiger partial charge in [0.2, 0.25) is 0 Å². The molecule has 36 heavy (non-hydrogen) atoms. The normalized spacial score (nSPS) is 40.1. The van der Waals surface area contributed by atoms with Crippen molar-refractivity contribution in [2.75, 3.05) is 6.61 Å². The van der Waals surface area contributed by atoms with Gasteiger partial charge in [0.1, 0.15) is 0 Å². The van der Waals surface area contributed by atoms with Crippen LogP contribution in [0.1, 0.15) is 125 Å². The van der Waals surface area contributed by atoms with E-state index < -0.39 is 0 Å². The lowest BCUT2D eigenvalue weighted by molar-refractivity contribution is -0.138. The summed E-state index contributed by atoms with van der Waals surface area (Å²) in [6.45, 7) is 19.0. The highest BCUT2D eigenvalue weighted by atomic mass is 16.5. The van der Waals surface area contributed by atoms with Crippen LogP contribution in [0.2, 0.25) is 0 Å². The lowest BCUT2D eigenvalue weighted by Gasteiger charge is -2.61. The SMILES string of the molecule is C=CC/C(C(=O)OCC)=C1/CC[C@@]2(C)[C@@H](CC[C@@H]3[C@@H]2CC[C@]2(C)[C@@H]([C@H](C)CCCC(C)C)CC[C@@H]32)C1. The van der Waals surface area contributed by atoms with Crippen molar-refractivity contribution >= 4 is 5.97 Å². The molecule has 0 heterocycles. The average Bonchev–Trinajstić information content (AvgIpc) is 3.19. The van der Waals surface area contributed by atoms with Crippen molar-refractivity contribution in [3.8, 4) is 0 Å². The molecule has 4 rings (SSSR count). The highest BCUT2D eigenvalue weighted by molar-refractivity contribution is 5.89. The summed E-state index contributed by atoms with van der Waals surface area (Å²) >= 11 is 0. The van der Waals surface area contributed by atoms with Gasteiger partial charge in [-0.05, 0) is 123 Å². The second-order valence-corrected chi connectivity index (χ2v) is 14.2. The van der Waals surface area contributed by atoms with E-state index in [2.05, 4.69) is 41.2 Å². The Bertz CT molecular complexity index is 823. The summed E-state index contributed by atoms with van der Waals surface area (Å²) in [5.41, 5.74) is 3.31. The predicted octanol–water partition coefficient (Wildman–Crippen LogP) is 9.54. The molecule has 8 atom stereocenters. The van der Waals surface area contributed by atoms with Crippen molar-refractivity contribution in [3.05, 3.63) is 23.8 Å². The Kier molecular flexibility index (Phi) is 8.83. The van der Waals surface area contributed by atoms with Gasteiger partial charge in [-0.1, -0.05) is 65.5 Å². The predicted molar refractivity (Wildman–Crippen MR) is 152 cm³/mol. The van der Waals surface area contributed by atoms with Crippen LogP contribution in [-0.4, -0.2) is 12.6 Å². The molecule has 0 aliphatic heterocycles. The van der Waals surface area contributed by atoms with E-state index in [1.165, 1.54) is 69.8 Å². The molecule has 0 radical (unpaired) electrons. The van der Waals surface area contributed by atoms with Gasteiger partial charge in [0.15, 0.2) is 0 Å². The smallest absolute Gasteiger partial charge is 0.334 e. The van der Waals surface area contributed by atoms with E-state index in [4.69, 9.17) is 4.74 Å². The van der Waals surface area contributed by atoms with Crippen LogP contribution in [0.15, 0.2) is 23.8 Å². The lowest BCUT2D eigenvalue weighted by atomic mass is 9.44. The molecule has 4 aliphatic carbocycles. The van der Waals surface area contributed by atoms with E-state index in [9.17, 15) is 4.79 Å². The molecule has 4 aliphatic rings. The highest BCUT2D eigenvalue weighted by Crippen LogP contribution is 2.68. The molecule has 0 saturated heterocycles. The van der Waals surface area contributed by atoms with Crippen LogP contribution in [0.3, 0.4) is 0 Å².